The Morgan fingerprint density at radius 1 is 1.47 bits per heavy atom. The van der Waals surface area contributed by atoms with E-state index >= 15 is 0 Å². The molecule has 0 aliphatic heterocycles. The van der Waals surface area contributed by atoms with Gasteiger partial charge in [0, 0.05) is 0 Å². The van der Waals surface area contributed by atoms with E-state index in [-0.39, 0.29) is 81.2 Å². The molecule has 1 rings (SSSR count). The van der Waals surface area contributed by atoms with Gasteiger partial charge in [0.15, 0.2) is 0 Å². The molecule has 1 N–H and O–H groups in total. The first-order valence-electron chi connectivity index (χ1n) is 4.51. The van der Waals surface area contributed by atoms with Crippen LogP contribution in [0.3, 0.4) is 0 Å². The van der Waals surface area contributed by atoms with Crippen LogP contribution in [-0.4, -0.2) is 13.1 Å². The van der Waals surface area contributed by atoms with Crippen LogP contribution in [0.15, 0.2) is 16.5 Å². The smallest absolute Gasteiger partial charge is 0.671 e. The molecule has 0 spiro atoms. The van der Waals surface area contributed by atoms with E-state index in [1.54, 1.807) is 6.07 Å². The number of hydrogen-bond acceptors (Lipinski definition) is 3. The minimum Gasteiger partial charge on any atom is -0.671 e. The van der Waals surface area contributed by atoms with Crippen LogP contribution in [0.25, 0.3) is 5.73 Å². The van der Waals surface area contributed by atoms with Crippen LogP contribution in [0.5, 0.6) is 0 Å². The molecule has 0 atom stereocenters. The Labute approximate surface area is 149 Å². The largest absolute Gasteiger partial charge is 1.00 e. The second-order valence-electron chi connectivity index (χ2n) is 2.64. The molecule has 0 saturated heterocycles. The Morgan fingerprint density at radius 3 is 2.33 bits per heavy atom. The Bertz CT molecular complexity index is 273. The predicted molar refractivity (Wildman–Crippen MR) is 54.0 cm³/mol. The topological polar surface area (TPSA) is 63.2 Å². The van der Waals surface area contributed by atoms with E-state index in [0.717, 1.165) is 0 Å². The Balaban J connectivity index is 0. The van der Waals surface area contributed by atoms with Gasteiger partial charge in [-0.1, -0.05) is 26.8 Å². The number of carbonyl (C=O) groups is 1. The van der Waals surface area contributed by atoms with Gasteiger partial charge in [-0.25, -0.2) is 4.79 Å². The van der Waals surface area contributed by atoms with Crippen LogP contribution < -0.4 is 68.9 Å². The van der Waals surface area contributed by atoms with Crippen molar-refractivity contribution in [2.75, 3.05) is 7.11 Å². The molecule has 5 heteroatoms. The minimum atomic E-state index is -0.510. The van der Waals surface area contributed by atoms with Crippen molar-refractivity contribution in [1.29, 1.82) is 0 Å². The molecule has 1 aromatic rings. The summed E-state index contributed by atoms with van der Waals surface area (Å²) in [4.78, 5) is 10.8. The first kappa shape index (κ1) is 18.1. The first-order chi connectivity index (χ1) is 6.69. The van der Waals surface area contributed by atoms with Crippen LogP contribution in [0.1, 0.15) is 36.6 Å². The number of nitrogens with one attached hydrogen (secondary N) is 1. The van der Waals surface area contributed by atoms with E-state index in [2.05, 4.69) is 18.6 Å². The number of rotatable bonds is 2. The molecule has 0 unspecified atom stereocenters. The van der Waals surface area contributed by atoms with E-state index in [4.69, 9.17) is 10.2 Å². The fraction of sp³-hybridized carbons (Fsp3) is 0.500. The molecule has 0 aliphatic rings. The molecule has 80 valence electrons. The minimum absolute atomic E-state index is 0. The summed E-state index contributed by atoms with van der Waals surface area (Å²) in [7, 11) is 1.28. The zero-order chi connectivity index (χ0) is 11.0. The van der Waals surface area contributed by atoms with E-state index in [0.29, 0.717) is 5.76 Å². The summed E-state index contributed by atoms with van der Waals surface area (Å²) in [5, 5.41) is 0. The van der Waals surface area contributed by atoms with Gasteiger partial charge < -0.3 is 14.9 Å². The van der Waals surface area contributed by atoms with Gasteiger partial charge >= 0.3 is 74.9 Å². The van der Waals surface area contributed by atoms with Crippen molar-refractivity contribution in [3.05, 3.63) is 29.4 Å². The summed E-state index contributed by atoms with van der Waals surface area (Å²) in [6, 6.07) is 3.08. The second-order valence-corrected chi connectivity index (χ2v) is 2.64. The molecule has 1 aromatic heterocycles. The van der Waals surface area contributed by atoms with Crippen LogP contribution >= 0.6 is 0 Å². The number of carbonyl (C=O) groups excluding carboxylic acids is 1. The fourth-order valence-electron chi connectivity index (χ4n) is 0.683. The normalized spacial score (nSPS) is 8.27. The monoisotopic (exact) mass is 331 g/mol. The van der Waals surface area contributed by atoms with Gasteiger partial charge in [-0.2, -0.15) is 0 Å². The first-order valence-corrected chi connectivity index (χ1v) is 4.51. The third-order valence-corrected chi connectivity index (χ3v) is 1.22. The number of ether oxygens (including phenoxy) is 1. The van der Waals surface area contributed by atoms with Crippen molar-refractivity contribution < 1.29 is 82.8 Å². The summed E-state index contributed by atoms with van der Waals surface area (Å²) in [6.07, 6.45) is 1.25. The van der Waals surface area contributed by atoms with Gasteiger partial charge in [-0.05, 0) is 12.1 Å². The summed E-state index contributed by atoms with van der Waals surface area (Å²) < 4.78 is 9.32. The number of methoxy groups -OCH3 is 1. The maximum Gasteiger partial charge on any atom is 1.00 e. The SMILES string of the molecule is CCC.COC(=O)c1ccc(C[NH-])o1.[Cs+]. The molecule has 0 aromatic carbocycles. The molecule has 0 radical (unpaired) electrons. The molecule has 4 nitrogen and oxygen atoms in total. The molecule has 15 heavy (non-hydrogen) atoms. The molecule has 0 amide bonds. The van der Waals surface area contributed by atoms with E-state index in [1.165, 1.54) is 19.6 Å². The van der Waals surface area contributed by atoms with Gasteiger partial charge in [-0.3, -0.25) is 0 Å². The summed E-state index contributed by atoms with van der Waals surface area (Å²) in [5.74, 6) is 0.102. The van der Waals surface area contributed by atoms with Gasteiger partial charge in [-0.15, -0.1) is 0 Å². The third-order valence-electron chi connectivity index (χ3n) is 1.22. The van der Waals surface area contributed by atoms with Crippen molar-refractivity contribution in [3.8, 4) is 0 Å². The Kier molecular flexibility index (Phi) is 13.6. The molecule has 0 aliphatic carbocycles. The molecule has 0 bridgehead atoms. The number of furan rings is 1. The van der Waals surface area contributed by atoms with Crippen molar-refractivity contribution in [1.82, 2.24) is 0 Å². The van der Waals surface area contributed by atoms with E-state index in [9.17, 15) is 4.79 Å². The number of esters is 1. The van der Waals surface area contributed by atoms with Crippen molar-refractivity contribution >= 4 is 5.97 Å². The van der Waals surface area contributed by atoms with Crippen LogP contribution in [0, 0.1) is 0 Å². The Morgan fingerprint density at radius 2 is 2.00 bits per heavy atom. The van der Waals surface area contributed by atoms with Gasteiger partial charge in [0.2, 0.25) is 5.76 Å². The maximum absolute atomic E-state index is 10.8. The number of hydrogen-bond donors (Lipinski definition) is 0. The maximum atomic E-state index is 10.8. The average Bonchev–Trinajstić information content (AvgIpc) is 2.66. The average molecular weight is 331 g/mol. The van der Waals surface area contributed by atoms with Crippen LogP contribution in [0.4, 0.5) is 0 Å². The molecule has 1 heterocycles. The Hall–Kier alpha value is 0.762. The van der Waals surface area contributed by atoms with Crippen molar-refractivity contribution in [2.24, 2.45) is 0 Å². The molecule has 0 fully saturated rings. The second kappa shape index (κ2) is 11.3. The van der Waals surface area contributed by atoms with E-state index in [1.807, 2.05) is 0 Å². The molecular weight excluding hydrogens is 315 g/mol. The summed E-state index contributed by atoms with van der Waals surface area (Å²) in [6.45, 7) is 4.29. The fourth-order valence-corrected chi connectivity index (χ4v) is 0.683. The zero-order valence-electron chi connectivity index (χ0n) is 9.79. The predicted octanol–water partition coefficient (Wildman–Crippen LogP) is 0.0387. The van der Waals surface area contributed by atoms with Gasteiger partial charge in [0.05, 0.1) is 12.9 Å². The van der Waals surface area contributed by atoms with Crippen LogP contribution in [-0.2, 0) is 11.3 Å². The van der Waals surface area contributed by atoms with Crippen LogP contribution in [0.2, 0.25) is 0 Å². The zero-order valence-corrected chi connectivity index (χ0v) is 16.1. The standard InChI is InChI=1S/C7H8NO3.C3H8.Cs/c1-10-7(9)6-3-2-5(4-8)11-6;1-3-2;/h2-3,8H,4H2,1H3;3H2,1-2H3;/q-1;;+1. The van der Waals surface area contributed by atoms with Gasteiger partial charge in [0.25, 0.3) is 0 Å². The third kappa shape index (κ3) is 7.62. The quantitative estimate of drug-likeness (QED) is 0.719. The van der Waals surface area contributed by atoms with Crippen molar-refractivity contribution in [3.63, 3.8) is 0 Å². The van der Waals surface area contributed by atoms with Crippen molar-refractivity contribution in [2.45, 2.75) is 26.8 Å². The molecule has 0 saturated carbocycles. The summed E-state index contributed by atoms with van der Waals surface area (Å²) in [5.41, 5.74) is 6.91. The van der Waals surface area contributed by atoms with E-state index < -0.39 is 5.97 Å². The molecular formula is C10H16CsNO3. The van der Waals surface area contributed by atoms with Gasteiger partial charge in [0.1, 0.15) is 0 Å². The summed E-state index contributed by atoms with van der Waals surface area (Å²) >= 11 is 0.